The first kappa shape index (κ1) is 15.9. The number of hydrogen-bond donors (Lipinski definition) is 1. The summed E-state index contributed by atoms with van der Waals surface area (Å²) in [6.07, 6.45) is 1.98. The zero-order valence-corrected chi connectivity index (χ0v) is 13.9. The van der Waals surface area contributed by atoms with Crippen molar-refractivity contribution in [1.82, 2.24) is 5.32 Å². The summed E-state index contributed by atoms with van der Waals surface area (Å²) >= 11 is 0. The standard InChI is InChI=1S/C18H27NO2/c1-6-10-20-13-8-9-16-15(11-13)14(7-2)17(21-16)12-19-18(3,4)5/h8-9,11,19H,6-7,10,12H2,1-5H3. The topological polar surface area (TPSA) is 34.4 Å². The highest BCUT2D eigenvalue weighted by atomic mass is 16.5. The van der Waals surface area contributed by atoms with Crippen LogP contribution in [-0.2, 0) is 13.0 Å². The number of fused-ring (bicyclic) bond motifs is 1. The lowest BCUT2D eigenvalue weighted by atomic mass is 10.1. The second-order valence-corrected chi connectivity index (χ2v) is 6.47. The van der Waals surface area contributed by atoms with E-state index in [0.29, 0.717) is 0 Å². The van der Waals surface area contributed by atoms with Crippen LogP contribution in [0.25, 0.3) is 11.0 Å². The van der Waals surface area contributed by atoms with Gasteiger partial charge in [0.25, 0.3) is 0 Å². The van der Waals surface area contributed by atoms with Gasteiger partial charge in [-0.1, -0.05) is 13.8 Å². The molecule has 0 unspecified atom stereocenters. The van der Waals surface area contributed by atoms with Crippen LogP contribution in [0.1, 0.15) is 52.4 Å². The monoisotopic (exact) mass is 289 g/mol. The summed E-state index contributed by atoms with van der Waals surface area (Å²) in [5.74, 6) is 1.96. The molecule has 2 rings (SSSR count). The molecule has 0 bridgehead atoms. The highest BCUT2D eigenvalue weighted by Gasteiger charge is 2.16. The Bertz CT molecular complexity index is 593. The lowest BCUT2D eigenvalue weighted by molar-refractivity contribution is 0.318. The van der Waals surface area contributed by atoms with Crippen LogP contribution < -0.4 is 10.1 Å². The molecule has 0 saturated heterocycles. The molecule has 3 heteroatoms. The second-order valence-electron chi connectivity index (χ2n) is 6.47. The normalized spacial score (nSPS) is 12.0. The minimum Gasteiger partial charge on any atom is -0.494 e. The molecule has 1 N–H and O–H groups in total. The minimum atomic E-state index is 0.0827. The number of benzene rings is 1. The van der Waals surface area contributed by atoms with Gasteiger partial charge in [0.1, 0.15) is 17.1 Å². The molecule has 116 valence electrons. The van der Waals surface area contributed by atoms with Gasteiger partial charge in [-0.25, -0.2) is 0 Å². The van der Waals surface area contributed by atoms with Crippen molar-refractivity contribution in [3.05, 3.63) is 29.5 Å². The number of hydrogen-bond acceptors (Lipinski definition) is 3. The summed E-state index contributed by atoms with van der Waals surface area (Å²) in [5, 5.41) is 4.68. The van der Waals surface area contributed by atoms with Crippen LogP contribution in [0.2, 0.25) is 0 Å². The van der Waals surface area contributed by atoms with Crippen molar-refractivity contribution < 1.29 is 9.15 Å². The first-order chi connectivity index (χ1) is 9.94. The third-order valence-electron chi connectivity index (χ3n) is 3.45. The fourth-order valence-electron chi connectivity index (χ4n) is 2.36. The number of nitrogens with one attached hydrogen (secondary N) is 1. The van der Waals surface area contributed by atoms with Crippen molar-refractivity contribution in [3.8, 4) is 5.75 Å². The van der Waals surface area contributed by atoms with E-state index in [0.717, 1.165) is 43.1 Å². The molecule has 21 heavy (non-hydrogen) atoms. The first-order valence-electron chi connectivity index (χ1n) is 7.86. The summed E-state index contributed by atoms with van der Waals surface area (Å²) in [7, 11) is 0. The number of aryl methyl sites for hydroxylation is 1. The average molecular weight is 289 g/mol. The van der Waals surface area contributed by atoms with Crippen molar-refractivity contribution in [2.24, 2.45) is 0 Å². The lowest BCUT2D eigenvalue weighted by Crippen LogP contribution is -2.35. The minimum absolute atomic E-state index is 0.0827. The maximum absolute atomic E-state index is 6.03. The van der Waals surface area contributed by atoms with Gasteiger partial charge in [-0.3, -0.25) is 0 Å². The Kier molecular flexibility index (Phi) is 4.94. The van der Waals surface area contributed by atoms with Gasteiger partial charge in [0.2, 0.25) is 0 Å². The van der Waals surface area contributed by atoms with Gasteiger partial charge in [0.05, 0.1) is 13.2 Å². The van der Waals surface area contributed by atoms with E-state index in [4.69, 9.17) is 9.15 Å². The largest absolute Gasteiger partial charge is 0.494 e. The van der Waals surface area contributed by atoms with E-state index in [-0.39, 0.29) is 5.54 Å². The molecule has 1 aromatic carbocycles. The molecule has 1 aromatic heterocycles. The van der Waals surface area contributed by atoms with Crippen LogP contribution in [-0.4, -0.2) is 12.1 Å². The van der Waals surface area contributed by atoms with Gasteiger partial charge in [0, 0.05) is 16.5 Å². The molecule has 2 aromatic rings. The molecule has 0 saturated carbocycles. The third kappa shape index (κ3) is 4.01. The molecule has 0 spiro atoms. The molecule has 3 nitrogen and oxygen atoms in total. The quantitative estimate of drug-likeness (QED) is 0.839. The molecule has 0 radical (unpaired) electrons. The molecule has 0 amide bonds. The van der Waals surface area contributed by atoms with Gasteiger partial charge in [-0.15, -0.1) is 0 Å². The van der Waals surface area contributed by atoms with Crippen molar-refractivity contribution in [2.45, 2.75) is 59.5 Å². The number of rotatable bonds is 6. The molecule has 0 aliphatic heterocycles. The lowest BCUT2D eigenvalue weighted by Gasteiger charge is -2.19. The smallest absolute Gasteiger partial charge is 0.134 e. The fraction of sp³-hybridized carbons (Fsp3) is 0.556. The highest BCUT2D eigenvalue weighted by Crippen LogP contribution is 2.30. The van der Waals surface area contributed by atoms with E-state index < -0.39 is 0 Å². The van der Waals surface area contributed by atoms with Crippen molar-refractivity contribution in [3.63, 3.8) is 0 Å². The maximum atomic E-state index is 6.03. The fourth-order valence-corrected chi connectivity index (χ4v) is 2.36. The Morgan fingerprint density at radius 1 is 1.19 bits per heavy atom. The van der Waals surface area contributed by atoms with Gasteiger partial charge < -0.3 is 14.5 Å². The van der Waals surface area contributed by atoms with E-state index >= 15 is 0 Å². The van der Waals surface area contributed by atoms with Crippen molar-refractivity contribution in [1.29, 1.82) is 0 Å². The van der Waals surface area contributed by atoms with Crippen molar-refractivity contribution >= 4 is 11.0 Å². The van der Waals surface area contributed by atoms with E-state index in [1.54, 1.807) is 0 Å². The van der Waals surface area contributed by atoms with E-state index in [1.807, 2.05) is 12.1 Å². The predicted octanol–water partition coefficient (Wildman–Crippen LogP) is 4.67. The Hall–Kier alpha value is -1.48. The van der Waals surface area contributed by atoms with Crippen LogP contribution in [0.5, 0.6) is 5.75 Å². The number of furan rings is 1. The predicted molar refractivity (Wildman–Crippen MR) is 88.0 cm³/mol. The number of ether oxygens (including phenoxy) is 1. The van der Waals surface area contributed by atoms with Crippen LogP contribution >= 0.6 is 0 Å². The molecule has 1 heterocycles. The zero-order chi connectivity index (χ0) is 15.5. The molecular weight excluding hydrogens is 262 g/mol. The summed E-state index contributed by atoms with van der Waals surface area (Å²) in [4.78, 5) is 0. The Morgan fingerprint density at radius 3 is 2.57 bits per heavy atom. The van der Waals surface area contributed by atoms with E-state index in [9.17, 15) is 0 Å². The molecule has 0 atom stereocenters. The van der Waals surface area contributed by atoms with Crippen LogP contribution in [0, 0.1) is 0 Å². The third-order valence-corrected chi connectivity index (χ3v) is 3.45. The summed E-state index contributed by atoms with van der Waals surface area (Å²) in [6, 6.07) is 6.11. The molecule has 0 aliphatic rings. The Balaban J connectivity index is 2.30. The van der Waals surface area contributed by atoms with Crippen LogP contribution in [0.3, 0.4) is 0 Å². The highest BCUT2D eigenvalue weighted by molar-refractivity contribution is 5.83. The summed E-state index contributed by atoms with van der Waals surface area (Å²) in [5.41, 5.74) is 2.31. The summed E-state index contributed by atoms with van der Waals surface area (Å²) in [6.45, 7) is 12.3. The molecular formula is C18H27NO2. The van der Waals surface area contributed by atoms with Crippen LogP contribution in [0.15, 0.2) is 22.6 Å². The van der Waals surface area contributed by atoms with E-state index in [1.165, 1.54) is 10.9 Å². The Morgan fingerprint density at radius 2 is 1.95 bits per heavy atom. The average Bonchev–Trinajstić information content (AvgIpc) is 2.79. The van der Waals surface area contributed by atoms with Gasteiger partial charge in [-0.05, 0) is 51.8 Å². The van der Waals surface area contributed by atoms with Crippen LogP contribution in [0.4, 0.5) is 0 Å². The molecule has 0 fully saturated rings. The van der Waals surface area contributed by atoms with E-state index in [2.05, 4.69) is 46.0 Å². The second kappa shape index (κ2) is 6.52. The van der Waals surface area contributed by atoms with Gasteiger partial charge in [-0.2, -0.15) is 0 Å². The zero-order valence-electron chi connectivity index (χ0n) is 13.9. The van der Waals surface area contributed by atoms with Crippen molar-refractivity contribution in [2.75, 3.05) is 6.61 Å². The first-order valence-corrected chi connectivity index (χ1v) is 7.86. The SMILES string of the molecule is CCCOc1ccc2oc(CNC(C)(C)C)c(CC)c2c1. The van der Waals surface area contributed by atoms with Gasteiger partial charge in [0.15, 0.2) is 0 Å². The Labute approximate surface area is 127 Å². The molecule has 0 aliphatic carbocycles. The maximum Gasteiger partial charge on any atom is 0.134 e. The summed E-state index contributed by atoms with van der Waals surface area (Å²) < 4.78 is 11.8. The van der Waals surface area contributed by atoms with Gasteiger partial charge >= 0.3 is 0 Å².